The van der Waals surface area contributed by atoms with Gasteiger partial charge in [-0.1, -0.05) is 113 Å². The number of nitrogens with one attached hydrogen (secondary N) is 4. The monoisotopic (exact) mass is 2080 g/mol. The van der Waals surface area contributed by atoms with Crippen molar-refractivity contribution in [2.24, 2.45) is 14.1 Å². The van der Waals surface area contributed by atoms with Gasteiger partial charge in [0.1, 0.15) is 63.3 Å². The lowest BCUT2D eigenvalue weighted by atomic mass is 10.0. The molecular formula is C94H64Cl3F2N11O15S11. The number of aromatic nitrogens is 7. The molecule has 0 saturated heterocycles. The summed E-state index contributed by atoms with van der Waals surface area (Å²) in [6, 6.07) is 34.9. The van der Waals surface area contributed by atoms with Crippen LogP contribution in [0, 0.1) is 39.3 Å². The Balaban J connectivity index is 0.000000123. The molecule has 20 rings (SSSR count). The molecule has 15 heterocycles. The van der Waals surface area contributed by atoms with E-state index in [9.17, 15) is 82.3 Å². The van der Waals surface area contributed by atoms with Gasteiger partial charge >= 0.3 is 29.8 Å². The summed E-state index contributed by atoms with van der Waals surface area (Å²) in [4.78, 5) is 136. The number of Topliss-reactive ketones (excluding diaryl/α,β-unsaturated/α-hetero) is 1. The summed E-state index contributed by atoms with van der Waals surface area (Å²) < 4.78 is 41.5. The molecule has 42 heteroatoms. The zero-order valence-electron chi connectivity index (χ0n) is 70.7. The lowest BCUT2D eigenvalue weighted by Crippen LogP contribution is -2.14. The van der Waals surface area contributed by atoms with E-state index in [4.69, 9.17) is 34.8 Å². The van der Waals surface area contributed by atoms with Gasteiger partial charge in [-0.15, -0.1) is 113 Å². The van der Waals surface area contributed by atoms with Crippen LogP contribution in [0.3, 0.4) is 0 Å². The first-order chi connectivity index (χ1) is 65.1. The zero-order chi connectivity index (χ0) is 96.5. The maximum Gasteiger partial charge on any atom is 0.339 e. The number of imidazole rings is 2. The van der Waals surface area contributed by atoms with Gasteiger partial charge in [-0.25, -0.2) is 42.7 Å². The minimum absolute atomic E-state index is 0.00461. The highest BCUT2D eigenvalue weighted by Crippen LogP contribution is 2.44. The Kier molecular flexibility index (Phi) is 28.6. The van der Waals surface area contributed by atoms with Gasteiger partial charge in [0, 0.05) is 159 Å². The number of carbonyl (C=O) groups is 10. The maximum atomic E-state index is 14.3. The van der Waals surface area contributed by atoms with E-state index >= 15 is 0 Å². The Morgan fingerprint density at radius 3 is 1.23 bits per heavy atom. The molecule has 0 bridgehead atoms. The van der Waals surface area contributed by atoms with E-state index in [1.807, 2.05) is 104 Å². The molecule has 136 heavy (non-hydrogen) atoms. The van der Waals surface area contributed by atoms with Crippen molar-refractivity contribution in [2.45, 2.75) is 34.1 Å². The van der Waals surface area contributed by atoms with Crippen molar-refractivity contribution < 1.29 is 82.3 Å². The second kappa shape index (κ2) is 40.7. The van der Waals surface area contributed by atoms with Gasteiger partial charge in [0.05, 0.1) is 36.5 Å². The summed E-state index contributed by atoms with van der Waals surface area (Å²) in [5.74, 6) is -9.57. The smallest absolute Gasteiger partial charge is 0.339 e. The summed E-state index contributed by atoms with van der Waals surface area (Å²) in [7, 11) is 3.91. The molecule has 9 N–H and O–H groups in total. The molecule has 20 aromatic rings. The van der Waals surface area contributed by atoms with Crippen LogP contribution in [0.15, 0.2) is 208 Å². The number of thiazole rings is 2. The number of thiophene rings is 8. The van der Waals surface area contributed by atoms with Crippen molar-refractivity contribution in [1.29, 1.82) is 0 Å². The Morgan fingerprint density at radius 1 is 0.404 bits per heavy atom. The number of ketones is 1. The predicted molar refractivity (Wildman–Crippen MR) is 543 cm³/mol. The molecule has 686 valence electrons. The van der Waals surface area contributed by atoms with E-state index < -0.39 is 53.3 Å². The Morgan fingerprint density at radius 2 is 0.794 bits per heavy atom. The van der Waals surface area contributed by atoms with Crippen molar-refractivity contribution >= 4 is 279 Å². The number of anilines is 4. The van der Waals surface area contributed by atoms with Gasteiger partial charge in [-0.05, 0) is 132 Å². The molecule has 0 saturated carbocycles. The van der Waals surface area contributed by atoms with Crippen molar-refractivity contribution in [2.75, 3.05) is 21.3 Å². The van der Waals surface area contributed by atoms with Crippen LogP contribution < -0.4 is 21.3 Å². The summed E-state index contributed by atoms with van der Waals surface area (Å²) in [6.07, 6.45) is 12.5. The fourth-order valence-corrected chi connectivity index (χ4v) is 24.9. The highest BCUT2D eigenvalue weighted by Gasteiger charge is 2.31. The molecule has 0 atom stereocenters. The highest BCUT2D eigenvalue weighted by molar-refractivity contribution is 7.25. The Labute approximate surface area is 826 Å². The molecule has 4 amide bonds. The number of benzene rings is 5. The Hall–Kier alpha value is -13.4. The molecule has 26 nitrogen and oxygen atoms in total. The predicted octanol–water partition coefficient (Wildman–Crippen LogP) is 26.7. The van der Waals surface area contributed by atoms with E-state index in [-0.39, 0.29) is 89.9 Å². The molecule has 5 aromatic carbocycles. The van der Waals surface area contributed by atoms with Crippen LogP contribution in [0.4, 0.5) is 28.8 Å². The summed E-state index contributed by atoms with van der Waals surface area (Å²) in [5.41, 5.74) is 9.57. The third-order valence-electron chi connectivity index (χ3n) is 20.9. The van der Waals surface area contributed by atoms with Crippen LogP contribution in [-0.4, -0.2) is 117 Å². The van der Waals surface area contributed by atoms with E-state index in [0.29, 0.717) is 83.0 Å². The van der Waals surface area contributed by atoms with Crippen molar-refractivity contribution in [3.63, 3.8) is 0 Å². The van der Waals surface area contributed by atoms with Crippen molar-refractivity contribution in [3.05, 3.63) is 316 Å². The Bertz CT molecular complexity index is 7790. The minimum atomic E-state index is -1.36. The first-order valence-electron chi connectivity index (χ1n) is 39.7. The number of nitrogens with zero attached hydrogens (tertiary/aromatic N) is 7. The lowest BCUT2D eigenvalue weighted by molar-refractivity contribution is 0.0686. The normalized spacial score (nSPS) is 11.1. The second-order valence-electron chi connectivity index (χ2n) is 29.9. The van der Waals surface area contributed by atoms with Crippen LogP contribution in [0.2, 0.25) is 15.1 Å². The zero-order valence-corrected chi connectivity index (χ0v) is 82.0. The average Bonchev–Trinajstić information content (AvgIpc) is 1.63. The number of hydrogen-bond donors (Lipinski definition) is 9. The lowest BCUT2D eigenvalue weighted by Gasteiger charge is -2.07. The van der Waals surface area contributed by atoms with Gasteiger partial charge in [-0.3, -0.25) is 32.8 Å². The number of hydrogen-bond acceptors (Lipinski definition) is 24. The van der Waals surface area contributed by atoms with Crippen LogP contribution in [-0.2, 0) is 20.5 Å². The van der Waals surface area contributed by atoms with E-state index in [2.05, 4.69) is 35.6 Å². The number of rotatable bonds is 21. The molecular weight excluding hydrogens is 2020 g/mol. The van der Waals surface area contributed by atoms with Gasteiger partial charge < -0.3 is 55.9 Å². The minimum Gasteiger partial charge on any atom is -0.478 e. The standard InChI is InChI=1S/C21H16ClNO3S2.C21H18N2O3S2.C18H11F2N3O3S2.C17H10ClN3O3S2.C17H9ClN2O3S3/c1-11-9-23(2)20-14(11)7-17(28-20)16(24)8-18-19(21(25)26)15(10-27-18)12-3-5-13(22)6-4-12;1-11-4-6-13(7-5-11)15-10-27-19(17(15)21(25)26)22-18(24)16-8-14-12(2)9-23(3)20(14)28-16;1-8-2-3-9(14(20)13(8)19)10-7-28-16(12(10)17(25)26)22-15(24)11-6-23-4-5-27-18(23)21-11;18-10-3-1-9(2-4-10)11-8-26-15(13(11)16(23)24)20-14(22)12-7-21-5-6-25-17(21)19-12;18-9-3-1-8(2-4-9)10-6-25-16(13(10)17(22)23)20-15(21)11-7-24-12-5-19-26-14(11)12/h3-7,9-10H,8H2,1-2H3,(H,25,26);4-10H,1-3H3,(H,22,24)(H,25,26);2-7H,1H3,(H,22,24)(H,25,26);1-8H,(H,20,22)(H,23,24);1-7H,(H,20,21)(H,22,23). The first-order valence-corrected chi connectivity index (χ1v) is 50.3. The molecule has 0 fully saturated rings. The van der Waals surface area contributed by atoms with E-state index in [1.54, 1.807) is 133 Å². The topological polar surface area (TPSA) is 377 Å². The average molecular weight is 2080 g/mol. The number of carboxylic acids is 5. The molecule has 0 radical (unpaired) electrons. The third kappa shape index (κ3) is 20.3. The van der Waals surface area contributed by atoms with Crippen LogP contribution in [0.25, 0.3) is 95.4 Å². The maximum absolute atomic E-state index is 14.3. The number of aryl methyl sites for hydroxylation is 6. The molecule has 0 spiro atoms. The summed E-state index contributed by atoms with van der Waals surface area (Å²) >= 11 is 31.8. The molecule has 0 unspecified atom stereocenters. The van der Waals surface area contributed by atoms with Gasteiger partial charge in [0.25, 0.3) is 23.6 Å². The molecule has 0 aliphatic heterocycles. The fraction of sp³-hybridized carbons (Fsp3) is 0.0745. The largest absolute Gasteiger partial charge is 0.478 e. The van der Waals surface area contributed by atoms with Crippen LogP contribution in [0.1, 0.15) is 130 Å². The highest BCUT2D eigenvalue weighted by atomic mass is 35.5. The second-order valence-corrected chi connectivity index (χ2v) is 41.2. The molecule has 0 aliphatic rings. The molecule has 15 aromatic heterocycles. The van der Waals surface area contributed by atoms with E-state index in [1.165, 1.54) is 133 Å². The summed E-state index contributed by atoms with van der Waals surface area (Å²) in [5, 5.41) is 77.7. The van der Waals surface area contributed by atoms with E-state index in [0.717, 1.165) is 85.9 Å². The number of fused-ring (bicyclic) bond motifs is 5. The van der Waals surface area contributed by atoms with Crippen molar-refractivity contribution in [1.82, 2.24) is 32.3 Å². The summed E-state index contributed by atoms with van der Waals surface area (Å²) in [6.45, 7) is 7.42. The number of amides is 4. The van der Waals surface area contributed by atoms with Crippen molar-refractivity contribution in [3.8, 4) is 55.6 Å². The van der Waals surface area contributed by atoms with Gasteiger partial charge in [0.15, 0.2) is 27.3 Å². The number of halogens is 5. The fourth-order valence-electron chi connectivity index (χ4n) is 14.3. The van der Waals surface area contributed by atoms with Gasteiger partial charge in [0.2, 0.25) is 0 Å². The SMILES string of the molecule is Cc1ccc(-c2csc(NC(=O)c3cc4c(C)cn(C)c4s3)c2C(=O)O)cc1.Cc1ccc(-c2csc(NC(=O)c3cn4ccsc4n3)c2C(=O)O)c(F)c1F.Cc1cn(C)c2sc(C(=O)Cc3scc(-c4ccc(Cl)cc4)c3C(=O)O)cc12.O=C(Nc1scc(-c2ccc(Cl)cc2)c1C(=O)O)c1cn2ccsc2n1.O=C(O)c1c(-c2ccc(Cl)cc2)csc1NC(=O)c1csc2cnsc12. The van der Waals surface area contributed by atoms with Crippen LogP contribution in [0.5, 0.6) is 0 Å². The van der Waals surface area contributed by atoms with Gasteiger partial charge in [-0.2, -0.15) is 4.37 Å². The number of carbonyl (C=O) groups excluding carboxylic acids is 5. The molecule has 0 aliphatic carbocycles. The number of carboxylic acid groups (broad SMARTS) is 5. The van der Waals surface area contributed by atoms with Crippen LogP contribution >= 0.6 is 160 Å². The number of aromatic carboxylic acids is 5. The quantitative estimate of drug-likeness (QED) is 0.0302. The third-order valence-corrected chi connectivity index (χ3v) is 32.1. The first kappa shape index (κ1) is 95.8.